The second-order valence-electron chi connectivity index (χ2n) is 3.49. The number of rotatable bonds is 4. The monoisotopic (exact) mass is 240 g/mol. The second kappa shape index (κ2) is 5.40. The Hall–Kier alpha value is -1.95. The Labute approximate surface area is 97.6 Å². The molecule has 0 radical (unpaired) electrons. The molecule has 0 fully saturated rings. The Morgan fingerprint density at radius 3 is 2.59 bits per heavy atom. The lowest BCUT2D eigenvalue weighted by molar-refractivity contribution is -0.117. The Morgan fingerprint density at radius 2 is 2.06 bits per heavy atom. The molecule has 1 atom stereocenters. The van der Waals surface area contributed by atoms with E-state index in [1.807, 2.05) is 0 Å². The van der Waals surface area contributed by atoms with Gasteiger partial charge in [-0.3, -0.25) is 4.79 Å². The SMILES string of the molecule is CNC(C)C(=O)Nc1ccc(F)cc1C(=O)O. The van der Waals surface area contributed by atoms with Crippen molar-refractivity contribution >= 4 is 17.6 Å². The van der Waals surface area contributed by atoms with Gasteiger partial charge in [0.1, 0.15) is 5.82 Å². The van der Waals surface area contributed by atoms with E-state index < -0.39 is 17.8 Å². The van der Waals surface area contributed by atoms with Crippen LogP contribution < -0.4 is 10.6 Å². The van der Waals surface area contributed by atoms with Crippen LogP contribution in [0.3, 0.4) is 0 Å². The number of likely N-dealkylation sites (N-methyl/N-ethyl adjacent to an activating group) is 1. The number of carboxylic acid groups (broad SMARTS) is 1. The van der Waals surface area contributed by atoms with Crippen molar-refractivity contribution in [2.75, 3.05) is 12.4 Å². The van der Waals surface area contributed by atoms with Crippen molar-refractivity contribution in [2.45, 2.75) is 13.0 Å². The first-order valence-electron chi connectivity index (χ1n) is 4.96. The molecule has 6 heteroatoms. The molecular weight excluding hydrogens is 227 g/mol. The smallest absolute Gasteiger partial charge is 0.337 e. The first-order valence-corrected chi connectivity index (χ1v) is 4.96. The second-order valence-corrected chi connectivity index (χ2v) is 3.49. The van der Waals surface area contributed by atoms with E-state index >= 15 is 0 Å². The highest BCUT2D eigenvalue weighted by atomic mass is 19.1. The number of carbonyl (C=O) groups excluding carboxylic acids is 1. The van der Waals surface area contributed by atoms with Gasteiger partial charge >= 0.3 is 5.97 Å². The summed E-state index contributed by atoms with van der Waals surface area (Å²) in [5.41, 5.74) is -0.201. The van der Waals surface area contributed by atoms with E-state index in [-0.39, 0.29) is 17.2 Å². The van der Waals surface area contributed by atoms with E-state index in [1.54, 1.807) is 14.0 Å². The minimum atomic E-state index is -1.29. The molecule has 1 aromatic carbocycles. The molecule has 0 heterocycles. The quantitative estimate of drug-likeness (QED) is 0.735. The Bertz CT molecular complexity index is 448. The van der Waals surface area contributed by atoms with Crippen LogP contribution in [-0.4, -0.2) is 30.1 Å². The van der Waals surface area contributed by atoms with Gasteiger partial charge in [-0.05, 0) is 32.2 Å². The van der Waals surface area contributed by atoms with Gasteiger partial charge in [-0.2, -0.15) is 0 Å². The van der Waals surface area contributed by atoms with Gasteiger partial charge in [0.2, 0.25) is 5.91 Å². The third-order valence-corrected chi connectivity index (χ3v) is 2.30. The predicted molar refractivity (Wildman–Crippen MR) is 60.5 cm³/mol. The summed E-state index contributed by atoms with van der Waals surface area (Å²) in [7, 11) is 1.60. The fraction of sp³-hybridized carbons (Fsp3) is 0.273. The summed E-state index contributed by atoms with van der Waals surface area (Å²) in [6, 6.07) is 2.70. The first-order chi connectivity index (χ1) is 7.95. The zero-order valence-corrected chi connectivity index (χ0v) is 9.45. The third-order valence-electron chi connectivity index (χ3n) is 2.30. The van der Waals surface area contributed by atoms with E-state index in [9.17, 15) is 14.0 Å². The van der Waals surface area contributed by atoms with E-state index in [1.165, 1.54) is 6.07 Å². The molecule has 1 amide bonds. The van der Waals surface area contributed by atoms with Gasteiger partial charge in [0.25, 0.3) is 0 Å². The van der Waals surface area contributed by atoms with E-state index in [0.29, 0.717) is 0 Å². The maximum Gasteiger partial charge on any atom is 0.337 e. The van der Waals surface area contributed by atoms with Crippen LogP contribution in [0.2, 0.25) is 0 Å². The molecule has 5 nitrogen and oxygen atoms in total. The van der Waals surface area contributed by atoms with Crippen LogP contribution in [0.25, 0.3) is 0 Å². The van der Waals surface area contributed by atoms with Crippen molar-refractivity contribution < 1.29 is 19.1 Å². The molecule has 0 aliphatic carbocycles. The molecule has 0 bridgehead atoms. The summed E-state index contributed by atoms with van der Waals surface area (Å²) in [5.74, 6) is -2.35. The molecular formula is C11H13FN2O3. The number of hydrogen-bond acceptors (Lipinski definition) is 3. The zero-order chi connectivity index (χ0) is 13.0. The summed E-state index contributed by atoms with van der Waals surface area (Å²) in [5, 5.41) is 14.0. The number of benzene rings is 1. The van der Waals surface area contributed by atoms with Gasteiger partial charge in [0.05, 0.1) is 17.3 Å². The molecule has 0 saturated carbocycles. The van der Waals surface area contributed by atoms with E-state index in [2.05, 4.69) is 10.6 Å². The molecule has 0 aromatic heterocycles. The molecule has 1 unspecified atom stereocenters. The van der Waals surface area contributed by atoms with Crippen molar-refractivity contribution in [3.05, 3.63) is 29.6 Å². The molecule has 1 rings (SSSR count). The van der Waals surface area contributed by atoms with Crippen LogP contribution in [0.4, 0.5) is 10.1 Å². The minimum Gasteiger partial charge on any atom is -0.478 e. The Kier molecular flexibility index (Phi) is 4.17. The number of aromatic carboxylic acids is 1. The molecule has 17 heavy (non-hydrogen) atoms. The van der Waals surface area contributed by atoms with Crippen molar-refractivity contribution in [1.29, 1.82) is 0 Å². The molecule has 1 aromatic rings. The largest absolute Gasteiger partial charge is 0.478 e. The van der Waals surface area contributed by atoms with Crippen molar-refractivity contribution in [3.63, 3.8) is 0 Å². The van der Waals surface area contributed by atoms with E-state index in [4.69, 9.17) is 5.11 Å². The van der Waals surface area contributed by atoms with Gasteiger partial charge in [0, 0.05) is 0 Å². The fourth-order valence-electron chi connectivity index (χ4n) is 1.17. The average Bonchev–Trinajstić information content (AvgIpc) is 2.29. The molecule has 92 valence electrons. The van der Waals surface area contributed by atoms with Crippen molar-refractivity contribution in [1.82, 2.24) is 5.32 Å². The van der Waals surface area contributed by atoms with Crippen LogP contribution in [0.5, 0.6) is 0 Å². The van der Waals surface area contributed by atoms with Crippen LogP contribution in [0, 0.1) is 5.82 Å². The lowest BCUT2D eigenvalue weighted by Crippen LogP contribution is -2.35. The predicted octanol–water partition coefficient (Wildman–Crippen LogP) is 1.07. The maximum atomic E-state index is 12.9. The highest BCUT2D eigenvalue weighted by Crippen LogP contribution is 2.17. The fourth-order valence-corrected chi connectivity index (χ4v) is 1.17. The van der Waals surface area contributed by atoms with Gasteiger partial charge < -0.3 is 15.7 Å². The topological polar surface area (TPSA) is 78.4 Å². The summed E-state index contributed by atoms with van der Waals surface area (Å²) in [4.78, 5) is 22.4. The molecule has 0 aliphatic heterocycles. The summed E-state index contributed by atoms with van der Waals surface area (Å²) < 4.78 is 12.9. The summed E-state index contributed by atoms with van der Waals surface area (Å²) >= 11 is 0. The lowest BCUT2D eigenvalue weighted by atomic mass is 10.1. The van der Waals surface area contributed by atoms with Gasteiger partial charge in [-0.15, -0.1) is 0 Å². The van der Waals surface area contributed by atoms with Gasteiger partial charge in [-0.1, -0.05) is 0 Å². The number of anilines is 1. The highest BCUT2D eigenvalue weighted by molar-refractivity contribution is 6.01. The average molecular weight is 240 g/mol. The van der Waals surface area contributed by atoms with Crippen LogP contribution in [0.15, 0.2) is 18.2 Å². The molecule has 3 N–H and O–H groups in total. The Morgan fingerprint density at radius 1 is 1.41 bits per heavy atom. The van der Waals surface area contributed by atoms with Gasteiger partial charge in [-0.25, -0.2) is 9.18 Å². The number of nitrogens with one attached hydrogen (secondary N) is 2. The summed E-state index contributed by atoms with van der Waals surface area (Å²) in [6.07, 6.45) is 0. The molecule has 0 aliphatic rings. The van der Waals surface area contributed by atoms with Crippen LogP contribution >= 0.6 is 0 Å². The van der Waals surface area contributed by atoms with Crippen LogP contribution in [-0.2, 0) is 4.79 Å². The number of carboxylic acids is 1. The number of halogens is 1. The third kappa shape index (κ3) is 3.25. The van der Waals surface area contributed by atoms with Crippen molar-refractivity contribution in [3.8, 4) is 0 Å². The van der Waals surface area contributed by atoms with Crippen LogP contribution in [0.1, 0.15) is 17.3 Å². The summed E-state index contributed by atoms with van der Waals surface area (Å²) in [6.45, 7) is 1.62. The number of hydrogen-bond donors (Lipinski definition) is 3. The van der Waals surface area contributed by atoms with Gasteiger partial charge in [0.15, 0.2) is 0 Å². The number of carbonyl (C=O) groups is 2. The molecule has 0 saturated heterocycles. The van der Waals surface area contributed by atoms with E-state index in [0.717, 1.165) is 12.1 Å². The minimum absolute atomic E-state index is 0.0750. The lowest BCUT2D eigenvalue weighted by Gasteiger charge is -2.12. The maximum absolute atomic E-state index is 12.9. The highest BCUT2D eigenvalue weighted by Gasteiger charge is 2.16. The Balaban J connectivity index is 2.98. The standard InChI is InChI=1S/C11H13FN2O3/c1-6(13-2)10(15)14-9-4-3-7(12)5-8(9)11(16)17/h3-6,13H,1-2H3,(H,14,15)(H,16,17). The van der Waals surface area contributed by atoms with Crippen molar-refractivity contribution in [2.24, 2.45) is 0 Å². The normalized spacial score (nSPS) is 11.9. The first kappa shape index (κ1) is 13.1. The molecule has 0 spiro atoms. The number of amides is 1. The zero-order valence-electron chi connectivity index (χ0n) is 9.45.